The van der Waals surface area contributed by atoms with Crippen LogP contribution in [0.2, 0.25) is 0 Å². The van der Waals surface area contributed by atoms with Crippen molar-refractivity contribution in [1.82, 2.24) is 5.32 Å². The highest BCUT2D eigenvalue weighted by molar-refractivity contribution is 5.45. The van der Waals surface area contributed by atoms with Crippen LogP contribution in [0.1, 0.15) is 22.8 Å². The third-order valence-electron chi connectivity index (χ3n) is 4.44. The van der Waals surface area contributed by atoms with Crippen LogP contribution in [-0.4, -0.2) is 31.4 Å². The topological polar surface area (TPSA) is 50.7 Å². The predicted octanol–water partition coefficient (Wildman–Crippen LogP) is 2.63. The van der Waals surface area contributed by atoms with E-state index in [0.717, 1.165) is 28.2 Å². The number of para-hydroxylation sites is 1. The van der Waals surface area contributed by atoms with Gasteiger partial charge in [0.25, 0.3) is 0 Å². The quantitative estimate of drug-likeness (QED) is 0.891. The molecule has 0 heterocycles. The van der Waals surface area contributed by atoms with Crippen molar-refractivity contribution in [3.05, 3.63) is 59.2 Å². The SMILES string of the molecule is CNCC1(O)Cc2cc(OC)ccc2C1Oc1ccccc1C. The number of aliphatic hydroxyl groups is 1. The largest absolute Gasteiger partial charge is 0.497 e. The molecule has 0 fully saturated rings. The molecule has 0 aliphatic heterocycles. The molecule has 3 rings (SSSR count). The maximum absolute atomic E-state index is 11.2. The monoisotopic (exact) mass is 313 g/mol. The van der Waals surface area contributed by atoms with E-state index in [0.29, 0.717) is 13.0 Å². The van der Waals surface area contributed by atoms with E-state index in [-0.39, 0.29) is 0 Å². The van der Waals surface area contributed by atoms with Crippen molar-refractivity contribution < 1.29 is 14.6 Å². The van der Waals surface area contributed by atoms with Crippen molar-refractivity contribution in [2.24, 2.45) is 0 Å². The van der Waals surface area contributed by atoms with Gasteiger partial charge in [0, 0.05) is 13.0 Å². The van der Waals surface area contributed by atoms with Crippen LogP contribution < -0.4 is 14.8 Å². The summed E-state index contributed by atoms with van der Waals surface area (Å²) in [5.74, 6) is 1.60. The number of fused-ring (bicyclic) bond motifs is 1. The van der Waals surface area contributed by atoms with Gasteiger partial charge < -0.3 is 19.9 Å². The highest BCUT2D eigenvalue weighted by Crippen LogP contribution is 2.43. The molecule has 0 spiro atoms. The predicted molar refractivity (Wildman–Crippen MR) is 90.1 cm³/mol. The molecule has 4 nitrogen and oxygen atoms in total. The number of likely N-dealkylation sites (N-methyl/N-ethyl adjacent to an activating group) is 1. The Hall–Kier alpha value is -2.04. The van der Waals surface area contributed by atoms with Gasteiger partial charge in [0.05, 0.1) is 7.11 Å². The molecule has 2 N–H and O–H groups in total. The summed E-state index contributed by atoms with van der Waals surface area (Å²) in [7, 11) is 3.49. The van der Waals surface area contributed by atoms with E-state index in [9.17, 15) is 5.11 Å². The minimum Gasteiger partial charge on any atom is -0.497 e. The van der Waals surface area contributed by atoms with E-state index in [1.54, 1.807) is 7.11 Å². The molecule has 0 amide bonds. The Balaban J connectivity index is 1.99. The summed E-state index contributed by atoms with van der Waals surface area (Å²) in [5, 5.41) is 14.2. The fraction of sp³-hybridized carbons (Fsp3) is 0.368. The van der Waals surface area contributed by atoms with Gasteiger partial charge in [-0.3, -0.25) is 0 Å². The first-order valence-corrected chi connectivity index (χ1v) is 7.83. The molecule has 2 aromatic carbocycles. The number of hydrogen-bond acceptors (Lipinski definition) is 4. The van der Waals surface area contributed by atoms with Crippen molar-refractivity contribution in [3.63, 3.8) is 0 Å². The van der Waals surface area contributed by atoms with Gasteiger partial charge in [-0.2, -0.15) is 0 Å². The Labute approximate surface area is 137 Å². The Bertz CT molecular complexity index is 701. The van der Waals surface area contributed by atoms with Crippen LogP contribution in [-0.2, 0) is 6.42 Å². The molecule has 4 heteroatoms. The molecule has 2 atom stereocenters. The number of hydrogen-bond donors (Lipinski definition) is 2. The van der Waals surface area contributed by atoms with E-state index < -0.39 is 11.7 Å². The van der Waals surface area contributed by atoms with E-state index in [4.69, 9.17) is 9.47 Å². The van der Waals surface area contributed by atoms with Gasteiger partial charge in [0.15, 0.2) is 6.10 Å². The number of benzene rings is 2. The van der Waals surface area contributed by atoms with Gasteiger partial charge in [-0.05, 0) is 48.9 Å². The molecule has 0 aromatic heterocycles. The molecule has 1 aliphatic rings. The number of ether oxygens (including phenoxy) is 2. The van der Waals surface area contributed by atoms with Crippen LogP contribution in [0.5, 0.6) is 11.5 Å². The van der Waals surface area contributed by atoms with Gasteiger partial charge >= 0.3 is 0 Å². The average molecular weight is 313 g/mol. The van der Waals surface area contributed by atoms with Gasteiger partial charge in [-0.1, -0.05) is 24.3 Å². The summed E-state index contributed by atoms with van der Waals surface area (Å²) in [6.07, 6.45) is 0.133. The summed E-state index contributed by atoms with van der Waals surface area (Å²) in [6, 6.07) is 13.8. The van der Waals surface area contributed by atoms with Crippen molar-refractivity contribution in [2.45, 2.75) is 25.0 Å². The molecule has 2 aromatic rings. The maximum atomic E-state index is 11.2. The number of nitrogens with one attached hydrogen (secondary N) is 1. The highest BCUT2D eigenvalue weighted by Gasteiger charge is 2.46. The second kappa shape index (κ2) is 6.22. The van der Waals surface area contributed by atoms with Gasteiger partial charge in [-0.25, -0.2) is 0 Å². The van der Waals surface area contributed by atoms with Crippen LogP contribution in [0.15, 0.2) is 42.5 Å². The maximum Gasteiger partial charge on any atom is 0.154 e. The number of rotatable bonds is 5. The van der Waals surface area contributed by atoms with Gasteiger partial charge in [0.2, 0.25) is 0 Å². The smallest absolute Gasteiger partial charge is 0.154 e. The molecule has 0 saturated carbocycles. The normalized spacial score (nSPS) is 22.7. The summed E-state index contributed by atoms with van der Waals surface area (Å²) >= 11 is 0. The van der Waals surface area contributed by atoms with Crippen molar-refractivity contribution in [1.29, 1.82) is 0 Å². The Morgan fingerprint density at radius 2 is 2.04 bits per heavy atom. The zero-order valence-corrected chi connectivity index (χ0v) is 13.8. The van der Waals surface area contributed by atoms with Gasteiger partial charge in [-0.15, -0.1) is 0 Å². The molecule has 1 aliphatic carbocycles. The zero-order valence-electron chi connectivity index (χ0n) is 13.8. The molecule has 2 unspecified atom stereocenters. The fourth-order valence-corrected chi connectivity index (χ4v) is 3.28. The standard InChI is InChI=1S/C19H23NO3/c1-13-6-4-5-7-17(13)23-18-16-9-8-15(22-3)10-14(16)11-19(18,21)12-20-2/h4-10,18,20-21H,11-12H2,1-3H3. The molecule has 0 radical (unpaired) electrons. The highest BCUT2D eigenvalue weighted by atomic mass is 16.5. The van der Waals surface area contributed by atoms with E-state index >= 15 is 0 Å². The van der Waals surface area contributed by atoms with E-state index in [1.165, 1.54) is 0 Å². The lowest BCUT2D eigenvalue weighted by atomic mass is 9.97. The number of aryl methyl sites for hydroxylation is 1. The molecule has 0 bridgehead atoms. The summed E-state index contributed by atoms with van der Waals surface area (Å²) < 4.78 is 11.5. The molecule has 122 valence electrons. The number of methoxy groups -OCH3 is 1. The first kappa shape index (κ1) is 15.8. The van der Waals surface area contributed by atoms with Crippen LogP contribution in [0, 0.1) is 6.92 Å². The summed E-state index contributed by atoms with van der Waals surface area (Å²) in [6.45, 7) is 2.47. The lowest BCUT2D eigenvalue weighted by Gasteiger charge is -2.31. The minimum absolute atomic E-state index is 0.406. The molecular weight excluding hydrogens is 290 g/mol. The second-order valence-corrected chi connectivity index (χ2v) is 6.14. The van der Waals surface area contributed by atoms with Crippen LogP contribution in [0.3, 0.4) is 0 Å². The van der Waals surface area contributed by atoms with Gasteiger partial charge in [0.1, 0.15) is 17.1 Å². The second-order valence-electron chi connectivity index (χ2n) is 6.14. The van der Waals surface area contributed by atoms with E-state index in [1.807, 2.05) is 56.4 Å². The zero-order chi connectivity index (χ0) is 16.4. The van der Waals surface area contributed by atoms with Crippen LogP contribution >= 0.6 is 0 Å². The van der Waals surface area contributed by atoms with Crippen LogP contribution in [0.25, 0.3) is 0 Å². The summed E-state index contributed by atoms with van der Waals surface area (Å²) in [4.78, 5) is 0. The first-order valence-electron chi connectivity index (χ1n) is 7.83. The third-order valence-corrected chi connectivity index (χ3v) is 4.44. The Morgan fingerprint density at radius 1 is 1.26 bits per heavy atom. The Morgan fingerprint density at radius 3 is 2.74 bits per heavy atom. The Kier molecular flexibility index (Phi) is 4.28. The first-order chi connectivity index (χ1) is 11.1. The summed E-state index contributed by atoms with van der Waals surface area (Å²) in [5.41, 5.74) is 2.17. The van der Waals surface area contributed by atoms with Crippen LogP contribution in [0.4, 0.5) is 0 Å². The van der Waals surface area contributed by atoms with Crippen molar-refractivity contribution >= 4 is 0 Å². The van der Waals surface area contributed by atoms with Crippen molar-refractivity contribution in [3.8, 4) is 11.5 Å². The van der Waals surface area contributed by atoms with Crippen molar-refractivity contribution in [2.75, 3.05) is 20.7 Å². The molecule has 0 saturated heterocycles. The van der Waals surface area contributed by atoms with E-state index in [2.05, 4.69) is 5.32 Å². The lowest BCUT2D eigenvalue weighted by molar-refractivity contribution is -0.0486. The third kappa shape index (κ3) is 2.92. The molecular formula is C19H23NO3. The lowest BCUT2D eigenvalue weighted by Crippen LogP contribution is -2.45. The average Bonchev–Trinajstić information content (AvgIpc) is 2.81. The molecule has 23 heavy (non-hydrogen) atoms. The fourth-order valence-electron chi connectivity index (χ4n) is 3.28. The minimum atomic E-state index is -0.980.